The fourth-order valence-electron chi connectivity index (χ4n) is 2.39. The normalized spacial score (nSPS) is 16.4. The first kappa shape index (κ1) is 26.2. The Morgan fingerprint density at radius 1 is 0.964 bits per heavy atom. The van der Waals surface area contributed by atoms with E-state index in [4.69, 9.17) is 10.8 Å². The van der Waals surface area contributed by atoms with E-state index >= 15 is 0 Å². The third kappa shape index (κ3) is 8.92. The average molecular weight is 419 g/mol. The van der Waals surface area contributed by atoms with Crippen LogP contribution in [0.25, 0.3) is 0 Å². The molecule has 28 heavy (non-hydrogen) atoms. The summed E-state index contributed by atoms with van der Waals surface area (Å²) in [7, 11) is 0. The van der Waals surface area contributed by atoms with Crippen LogP contribution in [0.1, 0.15) is 47.5 Å². The number of rotatable bonds is 12. The van der Waals surface area contributed by atoms with Crippen molar-refractivity contribution in [2.75, 3.05) is 5.75 Å². The molecule has 0 aromatic heterocycles. The summed E-state index contributed by atoms with van der Waals surface area (Å²) in [5.41, 5.74) is 5.67. The van der Waals surface area contributed by atoms with Gasteiger partial charge in [-0.05, 0) is 25.2 Å². The Balaban J connectivity index is 5.36. The van der Waals surface area contributed by atoms with Gasteiger partial charge < -0.3 is 26.8 Å². The molecule has 0 aromatic rings. The van der Waals surface area contributed by atoms with Crippen LogP contribution in [-0.4, -0.2) is 58.7 Å². The number of thiol groups is 1. The minimum Gasteiger partial charge on any atom is -0.480 e. The Morgan fingerprint density at radius 3 is 1.96 bits per heavy atom. The van der Waals surface area contributed by atoms with E-state index < -0.39 is 47.9 Å². The fourth-order valence-corrected chi connectivity index (χ4v) is 2.55. The number of carbonyl (C=O) groups is 4. The quantitative estimate of drug-likeness (QED) is 0.244. The van der Waals surface area contributed by atoms with Gasteiger partial charge >= 0.3 is 5.97 Å². The first-order chi connectivity index (χ1) is 12.9. The summed E-state index contributed by atoms with van der Waals surface area (Å²) < 4.78 is 0. The number of nitrogens with two attached hydrogens (primary N) is 1. The summed E-state index contributed by atoms with van der Waals surface area (Å²) in [6, 6.07) is -3.73. The predicted molar refractivity (Wildman–Crippen MR) is 110 cm³/mol. The third-order valence-electron chi connectivity index (χ3n) is 4.40. The Kier molecular flexibility index (Phi) is 11.8. The maximum absolute atomic E-state index is 12.8. The molecule has 162 valence electrons. The second-order valence-electron chi connectivity index (χ2n) is 7.42. The number of carboxylic acid groups (broad SMARTS) is 1. The van der Waals surface area contributed by atoms with Gasteiger partial charge in [0.15, 0.2) is 0 Å². The van der Waals surface area contributed by atoms with E-state index in [0.717, 1.165) is 0 Å². The molecule has 0 bridgehead atoms. The van der Waals surface area contributed by atoms with Crippen molar-refractivity contribution >= 4 is 36.3 Å². The number of aliphatic carboxylic acids is 1. The second kappa shape index (κ2) is 12.6. The molecule has 6 N–H and O–H groups in total. The van der Waals surface area contributed by atoms with Gasteiger partial charge in [0.2, 0.25) is 17.7 Å². The van der Waals surface area contributed by atoms with E-state index in [1.807, 2.05) is 20.8 Å². The molecular weight excluding hydrogens is 384 g/mol. The Bertz CT molecular complexity index is 558. The third-order valence-corrected chi connectivity index (χ3v) is 4.79. The molecule has 5 unspecified atom stereocenters. The van der Waals surface area contributed by atoms with Crippen molar-refractivity contribution in [3.05, 3.63) is 0 Å². The summed E-state index contributed by atoms with van der Waals surface area (Å²) in [6.45, 7) is 8.79. The monoisotopic (exact) mass is 418 g/mol. The van der Waals surface area contributed by atoms with Crippen molar-refractivity contribution < 1.29 is 24.3 Å². The lowest BCUT2D eigenvalue weighted by Crippen LogP contribution is -2.58. The molecule has 0 saturated heterocycles. The lowest BCUT2D eigenvalue weighted by Gasteiger charge is -2.28. The number of amides is 3. The van der Waals surface area contributed by atoms with E-state index in [1.165, 1.54) is 6.92 Å². The summed E-state index contributed by atoms with van der Waals surface area (Å²) in [4.78, 5) is 48.4. The van der Waals surface area contributed by atoms with Gasteiger partial charge in [0.1, 0.15) is 18.1 Å². The maximum Gasteiger partial charge on any atom is 0.325 e. The number of nitrogens with one attached hydrogen (secondary N) is 3. The average Bonchev–Trinajstić information content (AvgIpc) is 2.63. The molecule has 0 saturated carbocycles. The molecule has 0 radical (unpaired) electrons. The van der Waals surface area contributed by atoms with Crippen LogP contribution in [0, 0.1) is 11.8 Å². The molecule has 5 atom stereocenters. The van der Waals surface area contributed by atoms with Crippen molar-refractivity contribution in [1.29, 1.82) is 0 Å². The SMILES string of the molecule is CCC(C)C(NC(=O)C(N)CS)C(=O)NC(CC(C)C)C(=O)NC(C)C(=O)O. The highest BCUT2D eigenvalue weighted by Gasteiger charge is 2.31. The highest BCUT2D eigenvalue weighted by molar-refractivity contribution is 7.80. The topological polar surface area (TPSA) is 151 Å². The van der Waals surface area contributed by atoms with Gasteiger partial charge in [0.25, 0.3) is 0 Å². The minimum atomic E-state index is -1.17. The molecule has 0 rings (SSSR count). The summed E-state index contributed by atoms with van der Waals surface area (Å²) in [5.74, 6) is -2.77. The van der Waals surface area contributed by atoms with E-state index in [2.05, 4.69) is 28.6 Å². The number of hydrogen-bond acceptors (Lipinski definition) is 6. The van der Waals surface area contributed by atoms with Gasteiger partial charge in [0, 0.05) is 5.75 Å². The number of carboxylic acids is 1. The van der Waals surface area contributed by atoms with Gasteiger partial charge in [-0.25, -0.2) is 0 Å². The highest BCUT2D eigenvalue weighted by Crippen LogP contribution is 2.11. The van der Waals surface area contributed by atoms with Gasteiger partial charge in [-0.2, -0.15) is 12.6 Å². The van der Waals surface area contributed by atoms with Crippen LogP contribution in [0.2, 0.25) is 0 Å². The van der Waals surface area contributed by atoms with Gasteiger partial charge in [-0.15, -0.1) is 0 Å². The van der Waals surface area contributed by atoms with E-state index in [-0.39, 0.29) is 17.6 Å². The van der Waals surface area contributed by atoms with Crippen molar-refractivity contribution in [2.24, 2.45) is 17.6 Å². The van der Waals surface area contributed by atoms with Crippen LogP contribution in [-0.2, 0) is 19.2 Å². The summed E-state index contributed by atoms with van der Waals surface area (Å²) >= 11 is 3.98. The maximum atomic E-state index is 12.8. The summed E-state index contributed by atoms with van der Waals surface area (Å²) in [5, 5.41) is 16.6. The Hall–Kier alpha value is -1.81. The van der Waals surface area contributed by atoms with Crippen molar-refractivity contribution in [1.82, 2.24) is 16.0 Å². The lowest BCUT2D eigenvalue weighted by atomic mass is 9.96. The van der Waals surface area contributed by atoms with Gasteiger partial charge in [-0.3, -0.25) is 19.2 Å². The zero-order valence-corrected chi connectivity index (χ0v) is 18.1. The zero-order valence-electron chi connectivity index (χ0n) is 17.2. The fraction of sp³-hybridized carbons (Fsp3) is 0.778. The first-order valence-electron chi connectivity index (χ1n) is 9.44. The van der Waals surface area contributed by atoms with Crippen LogP contribution in [0.15, 0.2) is 0 Å². The number of hydrogen-bond donors (Lipinski definition) is 6. The predicted octanol–water partition coefficient (Wildman–Crippen LogP) is -0.105. The molecule has 0 aliphatic carbocycles. The van der Waals surface area contributed by atoms with E-state index in [0.29, 0.717) is 12.8 Å². The smallest absolute Gasteiger partial charge is 0.325 e. The largest absolute Gasteiger partial charge is 0.480 e. The second-order valence-corrected chi connectivity index (χ2v) is 7.79. The van der Waals surface area contributed by atoms with E-state index in [9.17, 15) is 19.2 Å². The molecule has 0 aliphatic rings. The molecule has 0 heterocycles. The molecule has 0 aliphatic heterocycles. The number of carbonyl (C=O) groups excluding carboxylic acids is 3. The highest BCUT2D eigenvalue weighted by atomic mass is 32.1. The molecule has 0 fully saturated rings. The molecule has 0 aromatic carbocycles. The standard InChI is InChI=1S/C18H34N4O5S/c1-6-10(4)14(22-15(23)12(19)8-28)17(25)21-13(7-9(2)3)16(24)20-11(5)18(26)27/h9-14,28H,6-8,19H2,1-5H3,(H,20,24)(H,21,25)(H,22,23)(H,26,27). The molecule has 0 spiro atoms. The zero-order chi connectivity index (χ0) is 22.0. The lowest BCUT2D eigenvalue weighted by molar-refractivity contribution is -0.142. The van der Waals surface area contributed by atoms with Crippen LogP contribution in [0.3, 0.4) is 0 Å². The van der Waals surface area contributed by atoms with Crippen LogP contribution < -0.4 is 21.7 Å². The van der Waals surface area contributed by atoms with Crippen LogP contribution in [0.5, 0.6) is 0 Å². The Labute approximate surface area is 172 Å². The molecule has 9 nitrogen and oxygen atoms in total. The molecule has 10 heteroatoms. The van der Waals surface area contributed by atoms with Crippen molar-refractivity contribution in [3.63, 3.8) is 0 Å². The van der Waals surface area contributed by atoms with Gasteiger partial charge in [0.05, 0.1) is 6.04 Å². The molecular formula is C18H34N4O5S. The minimum absolute atomic E-state index is 0.0745. The van der Waals surface area contributed by atoms with Crippen molar-refractivity contribution in [2.45, 2.75) is 71.6 Å². The first-order valence-corrected chi connectivity index (χ1v) is 10.1. The van der Waals surface area contributed by atoms with E-state index in [1.54, 1.807) is 6.92 Å². The van der Waals surface area contributed by atoms with Crippen molar-refractivity contribution in [3.8, 4) is 0 Å². The van der Waals surface area contributed by atoms with Crippen LogP contribution >= 0.6 is 12.6 Å². The molecule has 3 amide bonds. The summed E-state index contributed by atoms with van der Waals surface area (Å²) in [6.07, 6.45) is 0.937. The Morgan fingerprint density at radius 2 is 1.54 bits per heavy atom. The van der Waals surface area contributed by atoms with Crippen LogP contribution in [0.4, 0.5) is 0 Å². The van der Waals surface area contributed by atoms with Gasteiger partial charge in [-0.1, -0.05) is 34.1 Å².